The van der Waals surface area contributed by atoms with Gasteiger partial charge in [-0.25, -0.2) is 18.4 Å². The predicted octanol–water partition coefficient (Wildman–Crippen LogP) is 9.11. The lowest BCUT2D eigenvalue weighted by Gasteiger charge is -2.09. The molecule has 0 saturated carbocycles. The smallest absolute Gasteiger partial charge is 0.406 e. The van der Waals surface area contributed by atoms with Gasteiger partial charge in [0.05, 0.1) is 39.0 Å². The fourth-order valence-corrected chi connectivity index (χ4v) is 7.74. The maximum Gasteiger partial charge on any atom is 0.573 e. The van der Waals surface area contributed by atoms with Gasteiger partial charge in [0.15, 0.2) is 9.84 Å². The fraction of sp³-hybridized carbons (Fsp3) is 0.176. The molecule has 0 fully saturated rings. The molecule has 0 saturated heterocycles. The molecular weight excluding hydrogens is 910 g/mol. The van der Waals surface area contributed by atoms with E-state index in [1.807, 2.05) is 6.92 Å². The molecule has 290 valence electrons. The number of halogens is 8. The van der Waals surface area contributed by atoms with Crippen LogP contribution in [0.2, 0.25) is 0 Å². The molecule has 0 aliphatic rings. The highest BCUT2D eigenvalue weighted by molar-refractivity contribution is 9.10. The van der Waals surface area contributed by atoms with E-state index in [4.69, 9.17) is 0 Å². The Labute approximate surface area is 329 Å². The molecule has 1 atom stereocenters. The number of sulfone groups is 1. The van der Waals surface area contributed by atoms with Gasteiger partial charge in [0.1, 0.15) is 34.3 Å². The van der Waals surface area contributed by atoms with Crippen molar-refractivity contribution >= 4 is 52.5 Å². The van der Waals surface area contributed by atoms with E-state index in [9.17, 15) is 39.0 Å². The van der Waals surface area contributed by atoms with Crippen molar-refractivity contribution in [1.29, 1.82) is 0 Å². The molecule has 0 spiro atoms. The normalized spacial score (nSPS) is 12.5. The maximum absolute atomic E-state index is 12.4. The van der Waals surface area contributed by atoms with Crippen LogP contribution in [0.4, 0.5) is 26.3 Å². The van der Waals surface area contributed by atoms with Gasteiger partial charge in [0.2, 0.25) is 0 Å². The zero-order valence-electron chi connectivity index (χ0n) is 28.2. The Balaban J connectivity index is 0.000000211. The average molecular weight is 937 g/mol. The lowest BCUT2D eigenvalue weighted by atomic mass is 10.3. The highest BCUT2D eigenvalue weighted by atomic mass is 79.9. The number of hydrogen-bond donors (Lipinski definition) is 0. The van der Waals surface area contributed by atoms with Crippen molar-refractivity contribution in [2.45, 2.75) is 36.4 Å². The fourth-order valence-electron chi connectivity index (χ4n) is 4.76. The second-order valence-corrected chi connectivity index (χ2v) is 16.7. The minimum Gasteiger partial charge on any atom is -0.406 e. The molecule has 6 aromatic rings. The molecule has 1 unspecified atom stereocenters. The molecule has 2 aromatic carbocycles. The summed E-state index contributed by atoms with van der Waals surface area (Å²) < 4.78 is 123. The SMILES string of the molecule is CCS(=O)(=O)c1cc(Br)cnc1-c1cn(-c2ccc(OC(F)(F)F)cc2)cn1.CCS(=O)c1cc(Br)cnc1-c1cn(-c2ccc(OC(F)(F)F)cc2)cn1. The third-order valence-corrected chi connectivity index (χ3v) is 11.2. The number of aromatic nitrogens is 6. The minimum absolute atomic E-state index is 0.0450. The van der Waals surface area contributed by atoms with Crippen molar-refractivity contribution in [3.05, 3.63) is 107 Å². The second kappa shape index (κ2) is 17.0. The Hall–Kier alpha value is -4.60. The van der Waals surface area contributed by atoms with Crippen LogP contribution in [0.3, 0.4) is 0 Å². The van der Waals surface area contributed by atoms with Crippen LogP contribution in [-0.2, 0) is 20.6 Å². The number of benzene rings is 2. The van der Waals surface area contributed by atoms with E-state index in [0.29, 0.717) is 48.1 Å². The summed E-state index contributed by atoms with van der Waals surface area (Å²) in [4.78, 5) is 17.6. The van der Waals surface area contributed by atoms with Gasteiger partial charge in [0, 0.05) is 50.9 Å². The first kappa shape index (κ1) is 41.6. The summed E-state index contributed by atoms with van der Waals surface area (Å²) in [5, 5.41) is 0. The van der Waals surface area contributed by atoms with E-state index < -0.39 is 33.4 Å². The van der Waals surface area contributed by atoms with E-state index in [1.165, 1.54) is 80.4 Å². The number of pyridine rings is 2. The van der Waals surface area contributed by atoms with Gasteiger partial charge >= 0.3 is 12.7 Å². The number of rotatable bonds is 10. The molecule has 0 aliphatic heterocycles. The van der Waals surface area contributed by atoms with Gasteiger partial charge in [0.25, 0.3) is 0 Å². The number of ether oxygens (including phenoxy) is 2. The third-order valence-electron chi connectivity index (χ3n) is 7.25. The predicted molar refractivity (Wildman–Crippen MR) is 197 cm³/mol. The Morgan fingerprint density at radius 3 is 1.56 bits per heavy atom. The molecule has 0 N–H and O–H groups in total. The van der Waals surface area contributed by atoms with Gasteiger partial charge in [-0.2, -0.15) is 0 Å². The number of hydrogen-bond acceptors (Lipinski definition) is 9. The molecule has 0 radical (unpaired) electrons. The zero-order valence-corrected chi connectivity index (χ0v) is 33.0. The van der Waals surface area contributed by atoms with Crippen LogP contribution >= 0.6 is 31.9 Å². The van der Waals surface area contributed by atoms with Gasteiger partial charge in [-0.15, -0.1) is 26.3 Å². The van der Waals surface area contributed by atoms with E-state index >= 15 is 0 Å². The second-order valence-electron chi connectivity index (χ2n) is 11.0. The van der Waals surface area contributed by atoms with E-state index in [-0.39, 0.29) is 27.8 Å². The topological polar surface area (TPSA) is 131 Å². The lowest BCUT2D eigenvalue weighted by Crippen LogP contribution is -2.17. The zero-order chi connectivity index (χ0) is 40.1. The standard InChI is InChI=1S/C17H13BrF3N3O3S.C17H13BrF3N3O2S/c1-2-28(25,26)15-7-11(18)8-22-16(15)14-9-24(10-23-14)12-3-5-13(6-4-12)27-17(19,20)21;1-2-27(25)15-7-11(18)8-22-16(15)14-9-24(10-23-14)12-3-5-13(6-4-12)26-17(19,20)21/h3-10H,2H2,1H3;3-10H,2H2,1H3. The summed E-state index contributed by atoms with van der Waals surface area (Å²) in [6.45, 7) is 3.34. The van der Waals surface area contributed by atoms with Crippen LogP contribution in [0.15, 0.2) is 117 Å². The first-order chi connectivity index (χ1) is 25.9. The first-order valence-electron chi connectivity index (χ1n) is 15.6. The van der Waals surface area contributed by atoms with Crippen LogP contribution in [0.5, 0.6) is 11.5 Å². The summed E-state index contributed by atoms with van der Waals surface area (Å²) in [5.74, 6) is -0.310. The highest BCUT2D eigenvalue weighted by Crippen LogP contribution is 2.30. The van der Waals surface area contributed by atoms with Crippen LogP contribution in [0.25, 0.3) is 34.2 Å². The van der Waals surface area contributed by atoms with Crippen molar-refractivity contribution in [1.82, 2.24) is 29.1 Å². The summed E-state index contributed by atoms with van der Waals surface area (Å²) in [6.07, 6.45) is -0.296. The Bertz CT molecular complexity index is 2410. The van der Waals surface area contributed by atoms with Crippen molar-refractivity contribution in [3.8, 4) is 45.6 Å². The van der Waals surface area contributed by atoms with Crippen LogP contribution in [0.1, 0.15) is 13.8 Å². The summed E-state index contributed by atoms with van der Waals surface area (Å²) >= 11 is 6.54. The van der Waals surface area contributed by atoms with Crippen molar-refractivity contribution in [2.24, 2.45) is 0 Å². The van der Waals surface area contributed by atoms with E-state index in [1.54, 1.807) is 33.8 Å². The minimum atomic E-state index is -4.77. The Morgan fingerprint density at radius 1 is 0.691 bits per heavy atom. The maximum atomic E-state index is 12.4. The Kier molecular flexibility index (Phi) is 12.9. The van der Waals surface area contributed by atoms with Gasteiger partial charge in [-0.05, 0) is 92.5 Å². The van der Waals surface area contributed by atoms with Crippen molar-refractivity contribution in [3.63, 3.8) is 0 Å². The van der Waals surface area contributed by atoms with Crippen LogP contribution in [0, 0.1) is 0 Å². The van der Waals surface area contributed by atoms with Crippen molar-refractivity contribution in [2.75, 3.05) is 11.5 Å². The average Bonchev–Trinajstić information content (AvgIpc) is 3.82. The lowest BCUT2D eigenvalue weighted by molar-refractivity contribution is -0.275. The first-order valence-corrected chi connectivity index (χ1v) is 20.1. The highest BCUT2D eigenvalue weighted by Gasteiger charge is 2.32. The molecule has 0 amide bonds. The van der Waals surface area contributed by atoms with Crippen LogP contribution in [-0.4, -0.2) is 65.9 Å². The quantitative estimate of drug-likeness (QED) is 0.124. The third kappa shape index (κ3) is 11.0. The molecule has 55 heavy (non-hydrogen) atoms. The summed E-state index contributed by atoms with van der Waals surface area (Å²) in [7, 11) is -4.77. The number of imidazole rings is 2. The van der Waals surface area contributed by atoms with E-state index in [0.717, 1.165) is 0 Å². The molecule has 6 rings (SSSR count). The molecule has 0 aliphatic carbocycles. The molecule has 0 bridgehead atoms. The summed E-state index contributed by atoms with van der Waals surface area (Å²) in [6, 6.07) is 13.8. The van der Waals surface area contributed by atoms with Crippen LogP contribution < -0.4 is 9.47 Å². The largest absolute Gasteiger partial charge is 0.573 e. The van der Waals surface area contributed by atoms with Crippen molar-refractivity contribution < 1.29 is 48.4 Å². The van der Waals surface area contributed by atoms with Gasteiger partial charge < -0.3 is 18.6 Å². The number of alkyl halides is 6. The Morgan fingerprint density at radius 2 is 1.13 bits per heavy atom. The van der Waals surface area contributed by atoms with Gasteiger partial charge in [-0.1, -0.05) is 13.8 Å². The van der Waals surface area contributed by atoms with E-state index in [2.05, 4.69) is 61.3 Å². The molecule has 21 heteroatoms. The monoisotopic (exact) mass is 934 g/mol. The van der Waals surface area contributed by atoms with Gasteiger partial charge in [-0.3, -0.25) is 14.2 Å². The molecule has 11 nitrogen and oxygen atoms in total. The summed E-state index contributed by atoms with van der Waals surface area (Å²) in [5.41, 5.74) is 2.63. The molecule has 4 aromatic heterocycles. The molecular formula is C34H26Br2F6N6O5S2. The number of nitrogens with zero attached hydrogens (tertiary/aromatic N) is 6. The molecule has 4 heterocycles.